The number of ether oxygens (including phenoxy) is 2. The molecule has 130 valence electrons. The number of nitrogens with zero attached hydrogens (tertiary/aromatic N) is 1. The summed E-state index contributed by atoms with van der Waals surface area (Å²) in [6.07, 6.45) is 5.74. The summed E-state index contributed by atoms with van der Waals surface area (Å²) in [7, 11) is 0. The van der Waals surface area contributed by atoms with E-state index >= 15 is 0 Å². The van der Waals surface area contributed by atoms with Gasteiger partial charge in [0.05, 0.1) is 0 Å². The van der Waals surface area contributed by atoms with Gasteiger partial charge in [0, 0.05) is 11.8 Å². The molecule has 2 fully saturated rings. The van der Waals surface area contributed by atoms with Crippen LogP contribution in [0, 0.1) is 18.8 Å². The predicted octanol–water partition coefficient (Wildman–Crippen LogP) is 4.68. The Kier molecular flexibility index (Phi) is 4.07. The Morgan fingerprint density at radius 3 is 2.60 bits per heavy atom. The van der Waals surface area contributed by atoms with Crippen LogP contribution in [-0.4, -0.2) is 22.3 Å². The molecule has 1 aromatic heterocycles. The highest BCUT2D eigenvalue weighted by Gasteiger charge is 2.40. The van der Waals surface area contributed by atoms with Crippen molar-refractivity contribution in [3.05, 3.63) is 42.1 Å². The molecule has 0 amide bonds. The molecule has 0 radical (unpaired) electrons. The molecule has 1 N–H and O–H groups in total. The molecule has 5 nitrogen and oxygen atoms in total. The van der Waals surface area contributed by atoms with Gasteiger partial charge in [0.2, 0.25) is 5.88 Å². The van der Waals surface area contributed by atoms with Gasteiger partial charge >= 0.3 is 6.16 Å². The Morgan fingerprint density at radius 1 is 1.16 bits per heavy atom. The van der Waals surface area contributed by atoms with Crippen molar-refractivity contribution < 1.29 is 19.4 Å². The van der Waals surface area contributed by atoms with Crippen molar-refractivity contribution in [3.8, 4) is 22.8 Å². The minimum Gasteiger partial charge on any atom is -0.490 e. The van der Waals surface area contributed by atoms with E-state index in [1.165, 1.54) is 25.7 Å². The first-order valence-corrected chi connectivity index (χ1v) is 8.73. The Bertz CT molecular complexity index is 787. The Morgan fingerprint density at radius 2 is 1.96 bits per heavy atom. The number of carboxylic acid groups (broad SMARTS) is 1. The van der Waals surface area contributed by atoms with Crippen LogP contribution in [0.1, 0.15) is 31.2 Å². The van der Waals surface area contributed by atoms with Gasteiger partial charge in [-0.05, 0) is 73.8 Å². The van der Waals surface area contributed by atoms with Crippen LogP contribution in [0.4, 0.5) is 4.79 Å². The fourth-order valence-corrected chi connectivity index (χ4v) is 4.23. The fraction of sp³-hybridized carbons (Fsp3) is 0.400. The summed E-state index contributed by atoms with van der Waals surface area (Å²) in [5.74, 6) is 2.60. The van der Waals surface area contributed by atoms with Crippen LogP contribution in [0.3, 0.4) is 0 Å². The van der Waals surface area contributed by atoms with Crippen molar-refractivity contribution in [2.75, 3.05) is 0 Å². The monoisotopic (exact) mass is 339 g/mol. The van der Waals surface area contributed by atoms with E-state index < -0.39 is 6.16 Å². The number of hydrogen-bond acceptors (Lipinski definition) is 4. The molecule has 0 spiro atoms. The molecule has 2 bridgehead atoms. The first-order chi connectivity index (χ1) is 12.1. The van der Waals surface area contributed by atoms with Gasteiger partial charge in [0.1, 0.15) is 11.9 Å². The van der Waals surface area contributed by atoms with Gasteiger partial charge in [-0.25, -0.2) is 9.78 Å². The Labute approximate surface area is 146 Å². The summed E-state index contributed by atoms with van der Waals surface area (Å²) < 4.78 is 10.9. The van der Waals surface area contributed by atoms with Crippen LogP contribution < -0.4 is 9.47 Å². The van der Waals surface area contributed by atoms with Crippen LogP contribution in [0.25, 0.3) is 11.1 Å². The van der Waals surface area contributed by atoms with Gasteiger partial charge in [-0.2, -0.15) is 0 Å². The quantitative estimate of drug-likeness (QED) is 0.819. The van der Waals surface area contributed by atoms with Crippen molar-refractivity contribution in [2.45, 2.75) is 38.7 Å². The minimum absolute atomic E-state index is 0.118. The van der Waals surface area contributed by atoms with Crippen LogP contribution in [0.2, 0.25) is 0 Å². The van der Waals surface area contributed by atoms with Crippen molar-refractivity contribution >= 4 is 6.16 Å². The van der Waals surface area contributed by atoms with Crippen molar-refractivity contribution in [1.82, 2.24) is 4.98 Å². The molecule has 2 aliphatic carbocycles. The zero-order chi connectivity index (χ0) is 17.4. The maximum absolute atomic E-state index is 10.8. The highest BCUT2D eigenvalue weighted by atomic mass is 16.7. The molecule has 2 aromatic rings. The average Bonchev–Trinajstić information content (AvgIpc) is 3.20. The summed E-state index contributed by atoms with van der Waals surface area (Å²) in [5.41, 5.74) is 2.58. The summed E-state index contributed by atoms with van der Waals surface area (Å²) in [5, 5.41) is 8.79. The summed E-state index contributed by atoms with van der Waals surface area (Å²) in [4.78, 5) is 14.7. The molecule has 4 rings (SSSR count). The second kappa shape index (κ2) is 6.39. The maximum atomic E-state index is 10.8. The summed E-state index contributed by atoms with van der Waals surface area (Å²) in [6.45, 7) is 1.81. The van der Waals surface area contributed by atoms with Crippen molar-refractivity contribution in [3.63, 3.8) is 0 Å². The van der Waals surface area contributed by atoms with Gasteiger partial charge in [0.15, 0.2) is 0 Å². The highest BCUT2D eigenvalue weighted by Crippen LogP contribution is 2.46. The maximum Gasteiger partial charge on any atom is 0.512 e. The number of fused-ring (bicyclic) bond motifs is 2. The third-order valence-electron chi connectivity index (χ3n) is 5.47. The lowest BCUT2D eigenvalue weighted by Crippen LogP contribution is -2.23. The summed E-state index contributed by atoms with van der Waals surface area (Å²) >= 11 is 0. The number of aromatic nitrogens is 1. The lowest BCUT2D eigenvalue weighted by Gasteiger charge is -2.23. The van der Waals surface area contributed by atoms with Crippen LogP contribution in [-0.2, 0) is 0 Å². The molecule has 25 heavy (non-hydrogen) atoms. The lowest BCUT2D eigenvalue weighted by atomic mass is 9.97. The molecule has 3 atom stereocenters. The van der Waals surface area contributed by atoms with Crippen LogP contribution >= 0.6 is 0 Å². The fourth-order valence-electron chi connectivity index (χ4n) is 4.23. The largest absolute Gasteiger partial charge is 0.512 e. The topological polar surface area (TPSA) is 68.7 Å². The molecular weight excluding hydrogens is 318 g/mol. The van der Waals surface area contributed by atoms with Gasteiger partial charge < -0.3 is 14.6 Å². The van der Waals surface area contributed by atoms with Crippen LogP contribution in [0.5, 0.6) is 11.6 Å². The Hall–Kier alpha value is -2.56. The average molecular weight is 339 g/mol. The number of hydrogen-bond donors (Lipinski definition) is 1. The molecule has 1 heterocycles. The first kappa shape index (κ1) is 15.9. The normalized spacial score (nSPS) is 24.3. The smallest absolute Gasteiger partial charge is 0.490 e. The van der Waals surface area contributed by atoms with Gasteiger partial charge in [-0.1, -0.05) is 12.1 Å². The minimum atomic E-state index is -1.36. The lowest BCUT2D eigenvalue weighted by molar-refractivity contribution is 0.138. The van der Waals surface area contributed by atoms with E-state index in [1.54, 1.807) is 13.1 Å². The van der Waals surface area contributed by atoms with E-state index in [0.717, 1.165) is 28.7 Å². The van der Waals surface area contributed by atoms with Gasteiger partial charge in [0.25, 0.3) is 0 Å². The van der Waals surface area contributed by atoms with Crippen LogP contribution in [0.15, 0.2) is 36.5 Å². The SMILES string of the molecule is Cc1c(-c2ccc(O[C@@H]3C[C@H]4CC[C@@H]3C4)cc2)ccnc1OC(=O)O. The second-order valence-electron chi connectivity index (χ2n) is 7.01. The molecule has 1 aromatic carbocycles. The van der Waals surface area contributed by atoms with E-state index in [9.17, 15) is 4.79 Å². The van der Waals surface area contributed by atoms with Gasteiger partial charge in [-0.15, -0.1) is 0 Å². The summed E-state index contributed by atoms with van der Waals surface area (Å²) in [6, 6.07) is 9.82. The van der Waals surface area contributed by atoms with E-state index in [0.29, 0.717) is 11.7 Å². The third kappa shape index (κ3) is 3.18. The van der Waals surface area contributed by atoms with E-state index in [-0.39, 0.29) is 5.88 Å². The first-order valence-electron chi connectivity index (χ1n) is 8.73. The number of benzene rings is 1. The molecule has 5 heteroatoms. The third-order valence-corrected chi connectivity index (χ3v) is 5.47. The molecular formula is C20H21NO4. The second-order valence-corrected chi connectivity index (χ2v) is 7.01. The van der Waals surface area contributed by atoms with Crippen molar-refractivity contribution in [2.24, 2.45) is 11.8 Å². The number of rotatable bonds is 4. The Balaban J connectivity index is 1.51. The molecule has 2 aliphatic rings. The van der Waals surface area contributed by atoms with E-state index in [1.807, 2.05) is 30.3 Å². The highest BCUT2D eigenvalue weighted by molar-refractivity contribution is 5.70. The predicted molar refractivity (Wildman–Crippen MR) is 92.9 cm³/mol. The molecule has 0 aliphatic heterocycles. The van der Waals surface area contributed by atoms with Gasteiger partial charge in [-0.3, -0.25) is 0 Å². The molecule has 2 saturated carbocycles. The van der Waals surface area contributed by atoms with E-state index in [2.05, 4.69) is 4.98 Å². The zero-order valence-corrected chi connectivity index (χ0v) is 14.1. The van der Waals surface area contributed by atoms with E-state index in [4.69, 9.17) is 14.6 Å². The number of pyridine rings is 1. The molecule has 0 saturated heterocycles. The molecule has 0 unspecified atom stereocenters. The zero-order valence-electron chi connectivity index (χ0n) is 14.1. The number of carbonyl (C=O) groups is 1. The van der Waals surface area contributed by atoms with Crippen molar-refractivity contribution in [1.29, 1.82) is 0 Å². The standard InChI is InChI=1S/C20H21NO4/c1-12-17(8-9-21-19(12)25-20(22)23)14-4-6-16(7-5-14)24-18-11-13-2-3-15(18)10-13/h4-9,13,15,18H,2-3,10-11H2,1H3,(H,22,23)/t13-,15+,18+/m0/s1.